The van der Waals surface area contributed by atoms with E-state index in [9.17, 15) is 0 Å². The molecule has 0 fully saturated rings. The van der Waals surface area contributed by atoms with Crippen LogP contribution in [0.1, 0.15) is 27.2 Å². The van der Waals surface area contributed by atoms with Crippen molar-refractivity contribution < 1.29 is 0 Å². The molecular formula is C10H16ClN3. The molecule has 0 saturated heterocycles. The summed E-state index contributed by atoms with van der Waals surface area (Å²) in [4.78, 5) is 8.07. The van der Waals surface area contributed by atoms with Crippen LogP contribution in [-0.2, 0) is 0 Å². The van der Waals surface area contributed by atoms with E-state index in [2.05, 4.69) is 36.1 Å². The second-order valence-corrected chi connectivity index (χ2v) is 4.29. The first-order valence-corrected chi connectivity index (χ1v) is 5.20. The van der Waals surface area contributed by atoms with Gasteiger partial charge >= 0.3 is 0 Å². The Hall–Kier alpha value is -0.830. The minimum Gasteiger partial charge on any atom is -0.366 e. The standard InChI is InChI=1S/C10H16ClN3/c1-7(2)4-8(3)13-10-6-12-5-9(11)14-10/h5-8H,4H2,1-3H3,(H,13,14). The summed E-state index contributed by atoms with van der Waals surface area (Å²) in [6.45, 7) is 6.52. The van der Waals surface area contributed by atoms with E-state index >= 15 is 0 Å². The van der Waals surface area contributed by atoms with Crippen LogP contribution in [0.4, 0.5) is 5.82 Å². The number of hydrogen-bond donors (Lipinski definition) is 1. The Morgan fingerprint density at radius 2 is 2.07 bits per heavy atom. The Kier molecular flexibility index (Phi) is 4.14. The van der Waals surface area contributed by atoms with E-state index in [-0.39, 0.29) is 0 Å². The highest BCUT2D eigenvalue weighted by Crippen LogP contribution is 2.11. The molecule has 0 radical (unpaired) electrons. The summed E-state index contributed by atoms with van der Waals surface area (Å²) in [6.07, 6.45) is 4.32. The van der Waals surface area contributed by atoms with Crippen molar-refractivity contribution in [2.24, 2.45) is 5.92 Å². The lowest BCUT2D eigenvalue weighted by Gasteiger charge is -2.15. The number of hydrogen-bond acceptors (Lipinski definition) is 3. The molecule has 1 aromatic rings. The average Bonchev–Trinajstić information content (AvgIpc) is 2.01. The molecule has 1 rings (SSSR count). The fraction of sp³-hybridized carbons (Fsp3) is 0.600. The van der Waals surface area contributed by atoms with Gasteiger partial charge in [0.25, 0.3) is 0 Å². The third-order valence-electron chi connectivity index (χ3n) is 1.82. The first kappa shape index (κ1) is 11.2. The van der Waals surface area contributed by atoms with Crippen molar-refractivity contribution in [1.29, 1.82) is 0 Å². The van der Waals surface area contributed by atoms with Crippen LogP contribution < -0.4 is 5.32 Å². The molecule has 14 heavy (non-hydrogen) atoms. The van der Waals surface area contributed by atoms with Gasteiger partial charge in [0.05, 0.1) is 12.4 Å². The maximum atomic E-state index is 5.72. The van der Waals surface area contributed by atoms with Crippen molar-refractivity contribution in [2.75, 3.05) is 5.32 Å². The van der Waals surface area contributed by atoms with Gasteiger partial charge < -0.3 is 5.32 Å². The smallest absolute Gasteiger partial charge is 0.149 e. The third kappa shape index (κ3) is 3.92. The summed E-state index contributed by atoms with van der Waals surface area (Å²) in [5.74, 6) is 1.41. The van der Waals surface area contributed by atoms with Gasteiger partial charge in [0.15, 0.2) is 0 Å². The molecule has 0 amide bonds. The van der Waals surface area contributed by atoms with E-state index in [1.807, 2.05) is 0 Å². The Morgan fingerprint density at radius 1 is 1.36 bits per heavy atom. The number of nitrogens with zero attached hydrogens (tertiary/aromatic N) is 2. The van der Waals surface area contributed by atoms with Crippen LogP contribution in [0.15, 0.2) is 12.4 Å². The van der Waals surface area contributed by atoms with Crippen LogP contribution in [0.25, 0.3) is 0 Å². The van der Waals surface area contributed by atoms with Crippen molar-refractivity contribution >= 4 is 17.4 Å². The second kappa shape index (κ2) is 5.15. The average molecular weight is 214 g/mol. The molecule has 4 heteroatoms. The molecular weight excluding hydrogens is 198 g/mol. The van der Waals surface area contributed by atoms with Crippen molar-refractivity contribution in [3.8, 4) is 0 Å². The molecule has 0 bridgehead atoms. The monoisotopic (exact) mass is 213 g/mol. The summed E-state index contributed by atoms with van der Waals surface area (Å²) in [7, 11) is 0. The van der Waals surface area contributed by atoms with E-state index in [1.165, 1.54) is 6.20 Å². The fourth-order valence-corrected chi connectivity index (χ4v) is 1.58. The molecule has 1 aromatic heterocycles. The van der Waals surface area contributed by atoms with Crippen LogP contribution in [0.5, 0.6) is 0 Å². The van der Waals surface area contributed by atoms with Crippen molar-refractivity contribution in [1.82, 2.24) is 9.97 Å². The lowest BCUT2D eigenvalue weighted by atomic mass is 10.1. The van der Waals surface area contributed by atoms with Gasteiger partial charge in [-0.15, -0.1) is 0 Å². The van der Waals surface area contributed by atoms with Crippen LogP contribution in [-0.4, -0.2) is 16.0 Å². The van der Waals surface area contributed by atoms with E-state index in [0.717, 1.165) is 12.2 Å². The van der Waals surface area contributed by atoms with Gasteiger partial charge in [-0.1, -0.05) is 25.4 Å². The van der Waals surface area contributed by atoms with Gasteiger partial charge in [-0.05, 0) is 19.3 Å². The van der Waals surface area contributed by atoms with Gasteiger partial charge in [0.1, 0.15) is 11.0 Å². The summed E-state index contributed by atoms with van der Waals surface area (Å²) >= 11 is 5.72. The quantitative estimate of drug-likeness (QED) is 0.836. The zero-order valence-corrected chi connectivity index (χ0v) is 9.54. The summed E-state index contributed by atoms with van der Waals surface area (Å²) < 4.78 is 0. The molecule has 1 N–H and O–H groups in total. The van der Waals surface area contributed by atoms with Gasteiger partial charge in [-0.25, -0.2) is 4.98 Å². The lowest BCUT2D eigenvalue weighted by Crippen LogP contribution is -2.18. The molecule has 78 valence electrons. The Labute approximate surface area is 89.9 Å². The Bertz CT molecular complexity index is 288. The molecule has 0 aliphatic carbocycles. The number of rotatable bonds is 4. The fourth-order valence-electron chi connectivity index (χ4n) is 1.43. The number of anilines is 1. The van der Waals surface area contributed by atoms with Crippen LogP contribution in [0, 0.1) is 5.92 Å². The van der Waals surface area contributed by atoms with E-state index in [0.29, 0.717) is 17.1 Å². The van der Waals surface area contributed by atoms with Gasteiger partial charge in [-0.2, -0.15) is 0 Å². The van der Waals surface area contributed by atoms with Gasteiger partial charge in [0.2, 0.25) is 0 Å². The summed E-state index contributed by atoms with van der Waals surface area (Å²) in [5, 5.41) is 3.68. The number of nitrogens with one attached hydrogen (secondary N) is 1. The highest BCUT2D eigenvalue weighted by Gasteiger charge is 2.05. The normalized spacial score (nSPS) is 12.9. The van der Waals surface area contributed by atoms with Crippen LogP contribution in [0.3, 0.4) is 0 Å². The highest BCUT2D eigenvalue weighted by molar-refractivity contribution is 6.29. The molecule has 1 atom stereocenters. The Balaban J connectivity index is 2.51. The van der Waals surface area contributed by atoms with Crippen LogP contribution >= 0.6 is 11.6 Å². The van der Waals surface area contributed by atoms with E-state index in [1.54, 1.807) is 6.20 Å². The predicted molar refractivity (Wildman–Crippen MR) is 59.6 cm³/mol. The molecule has 1 unspecified atom stereocenters. The first-order chi connectivity index (χ1) is 6.58. The zero-order chi connectivity index (χ0) is 10.6. The largest absolute Gasteiger partial charge is 0.366 e. The SMILES string of the molecule is CC(C)CC(C)Nc1cncc(Cl)n1. The maximum Gasteiger partial charge on any atom is 0.149 e. The molecule has 0 saturated carbocycles. The Morgan fingerprint density at radius 3 is 2.64 bits per heavy atom. The summed E-state index contributed by atoms with van der Waals surface area (Å²) in [6, 6.07) is 0.391. The lowest BCUT2D eigenvalue weighted by molar-refractivity contribution is 0.538. The molecule has 0 aromatic carbocycles. The van der Waals surface area contributed by atoms with Crippen molar-refractivity contribution in [3.63, 3.8) is 0 Å². The van der Waals surface area contributed by atoms with Gasteiger partial charge in [0, 0.05) is 6.04 Å². The number of aromatic nitrogens is 2. The van der Waals surface area contributed by atoms with E-state index < -0.39 is 0 Å². The van der Waals surface area contributed by atoms with Crippen LogP contribution in [0.2, 0.25) is 5.15 Å². The van der Waals surface area contributed by atoms with E-state index in [4.69, 9.17) is 11.6 Å². The maximum absolute atomic E-state index is 5.72. The first-order valence-electron chi connectivity index (χ1n) is 4.82. The summed E-state index contributed by atoms with van der Waals surface area (Å²) in [5.41, 5.74) is 0. The zero-order valence-electron chi connectivity index (χ0n) is 8.79. The molecule has 0 spiro atoms. The molecule has 3 nitrogen and oxygen atoms in total. The highest BCUT2D eigenvalue weighted by atomic mass is 35.5. The van der Waals surface area contributed by atoms with Crippen molar-refractivity contribution in [3.05, 3.63) is 17.5 Å². The minimum atomic E-state index is 0.391. The minimum absolute atomic E-state index is 0.391. The molecule has 0 aliphatic heterocycles. The molecule has 0 aliphatic rings. The molecule has 1 heterocycles. The van der Waals surface area contributed by atoms with Crippen molar-refractivity contribution in [2.45, 2.75) is 33.2 Å². The predicted octanol–water partition coefficient (Wildman–Crippen LogP) is 2.98. The third-order valence-corrected chi connectivity index (χ3v) is 2.01. The topological polar surface area (TPSA) is 37.8 Å². The number of halogens is 1. The second-order valence-electron chi connectivity index (χ2n) is 3.90. The van der Waals surface area contributed by atoms with Gasteiger partial charge in [-0.3, -0.25) is 4.98 Å².